The lowest BCUT2D eigenvalue weighted by atomic mass is 10.4. The van der Waals surface area contributed by atoms with Gasteiger partial charge in [-0.1, -0.05) is 11.6 Å². The summed E-state index contributed by atoms with van der Waals surface area (Å²) in [5, 5.41) is 5.83. The van der Waals surface area contributed by atoms with Crippen LogP contribution in [0.4, 0.5) is 0 Å². The summed E-state index contributed by atoms with van der Waals surface area (Å²) in [6, 6.07) is 5.25. The molecule has 0 saturated carbocycles. The quantitative estimate of drug-likeness (QED) is 0.438. The van der Waals surface area contributed by atoms with Gasteiger partial charge in [-0.2, -0.15) is 8.42 Å². The van der Waals surface area contributed by atoms with E-state index >= 15 is 0 Å². The summed E-state index contributed by atoms with van der Waals surface area (Å²) in [4.78, 5) is 8.20. The van der Waals surface area contributed by atoms with Crippen molar-refractivity contribution in [2.45, 2.75) is 4.90 Å². The summed E-state index contributed by atoms with van der Waals surface area (Å²) >= 11 is 5.49. The summed E-state index contributed by atoms with van der Waals surface area (Å²) < 4.78 is 29.4. The van der Waals surface area contributed by atoms with E-state index < -0.39 is 10.1 Å². The van der Waals surface area contributed by atoms with E-state index in [-0.39, 0.29) is 4.90 Å². The number of rotatable bonds is 1. The van der Waals surface area contributed by atoms with Crippen LogP contribution in [-0.2, 0) is 14.9 Å². The first-order chi connectivity index (χ1) is 6.41. The Morgan fingerprint density at radius 2 is 1.64 bits per heavy atom. The van der Waals surface area contributed by atoms with Crippen molar-refractivity contribution < 1.29 is 17.8 Å². The standard InChI is InChI=1S/C6H5ClO3S.CHNO/c7-5-1-3-6(4-2-5)11(8,9)10;2-1-3/h1-4H,(H,8,9,10);2H. The minimum atomic E-state index is -4.08. The summed E-state index contributed by atoms with van der Waals surface area (Å²) in [7, 11) is -4.08. The van der Waals surface area contributed by atoms with Crippen LogP contribution in [0.1, 0.15) is 0 Å². The maximum absolute atomic E-state index is 10.5. The number of benzene rings is 1. The van der Waals surface area contributed by atoms with Crippen LogP contribution in [0.15, 0.2) is 29.2 Å². The fraction of sp³-hybridized carbons (Fsp3) is 0. The molecule has 0 aliphatic rings. The molecule has 5 nitrogen and oxygen atoms in total. The summed E-state index contributed by atoms with van der Waals surface area (Å²) in [6.45, 7) is 0. The van der Waals surface area contributed by atoms with Gasteiger partial charge in [-0.3, -0.25) is 4.55 Å². The van der Waals surface area contributed by atoms with Crippen molar-refractivity contribution in [1.29, 1.82) is 5.41 Å². The van der Waals surface area contributed by atoms with E-state index in [0.717, 1.165) is 6.08 Å². The van der Waals surface area contributed by atoms with Crippen molar-refractivity contribution in [2.24, 2.45) is 0 Å². The molecule has 1 aromatic carbocycles. The summed E-state index contributed by atoms with van der Waals surface area (Å²) in [5.74, 6) is 0. The molecule has 0 spiro atoms. The van der Waals surface area contributed by atoms with Crippen molar-refractivity contribution in [3.63, 3.8) is 0 Å². The number of isocyanates is 1. The monoisotopic (exact) mass is 235 g/mol. The van der Waals surface area contributed by atoms with Crippen LogP contribution < -0.4 is 0 Å². The number of nitrogens with one attached hydrogen (secondary N) is 1. The Balaban J connectivity index is 0.000000500. The largest absolute Gasteiger partial charge is 0.294 e. The van der Waals surface area contributed by atoms with Gasteiger partial charge in [0.2, 0.25) is 6.08 Å². The summed E-state index contributed by atoms with van der Waals surface area (Å²) in [5.41, 5.74) is 0. The average molecular weight is 236 g/mol. The van der Waals surface area contributed by atoms with Crippen molar-refractivity contribution in [3.8, 4) is 0 Å². The maximum Gasteiger partial charge on any atom is 0.294 e. The molecule has 1 aromatic rings. The van der Waals surface area contributed by atoms with Crippen LogP contribution in [0.5, 0.6) is 0 Å². The first-order valence-electron chi connectivity index (χ1n) is 3.18. The minimum absolute atomic E-state index is 0.151. The first-order valence-corrected chi connectivity index (χ1v) is 5.00. The predicted molar refractivity (Wildman–Crippen MR) is 49.7 cm³/mol. The molecular formula is C7H6ClNO4S. The Kier molecular flexibility index (Phi) is 5.04. The summed E-state index contributed by atoms with van der Waals surface area (Å²) in [6.07, 6.45) is 0.750. The van der Waals surface area contributed by atoms with E-state index in [0.29, 0.717) is 5.02 Å². The van der Waals surface area contributed by atoms with E-state index in [2.05, 4.69) is 0 Å². The Morgan fingerprint density at radius 1 is 1.29 bits per heavy atom. The van der Waals surface area contributed by atoms with Gasteiger partial charge in [0.05, 0.1) is 4.90 Å². The molecule has 0 fully saturated rings. The third-order valence-electron chi connectivity index (χ3n) is 1.11. The fourth-order valence-corrected chi connectivity index (χ4v) is 1.21. The molecule has 1 rings (SSSR count). The molecule has 0 amide bonds. The van der Waals surface area contributed by atoms with Crippen LogP contribution >= 0.6 is 11.6 Å². The highest BCUT2D eigenvalue weighted by Crippen LogP contribution is 2.12. The van der Waals surface area contributed by atoms with Crippen molar-refractivity contribution in [1.82, 2.24) is 0 Å². The van der Waals surface area contributed by atoms with Gasteiger partial charge < -0.3 is 0 Å². The number of halogens is 1. The van der Waals surface area contributed by atoms with E-state index in [1.165, 1.54) is 24.3 Å². The predicted octanol–water partition coefficient (Wildman–Crippen LogP) is 1.49. The second kappa shape index (κ2) is 5.51. The van der Waals surface area contributed by atoms with Crippen molar-refractivity contribution >= 4 is 27.8 Å². The first kappa shape index (κ1) is 12.8. The number of hydrogen-bond acceptors (Lipinski definition) is 4. The number of hydrogen-bond donors (Lipinski definition) is 2. The maximum atomic E-state index is 10.5. The molecular weight excluding hydrogens is 230 g/mol. The molecule has 14 heavy (non-hydrogen) atoms. The number of carbonyl (C=O) groups excluding carboxylic acids is 1. The van der Waals surface area contributed by atoms with Gasteiger partial charge in [-0.15, -0.1) is 0 Å². The second-order valence-electron chi connectivity index (χ2n) is 2.03. The lowest BCUT2D eigenvalue weighted by molar-refractivity contribution is 0.483. The molecule has 2 N–H and O–H groups in total. The highest BCUT2D eigenvalue weighted by molar-refractivity contribution is 7.85. The van der Waals surface area contributed by atoms with E-state index in [4.69, 9.17) is 26.4 Å². The third-order valence-corrected chi connectivity index (χ3v) is 2.23. The fourth-order valence-electron chi connectivity index (χ4n) is 0.607. The molecule has 7 heteroatoms. The normalized spacial score (nSPS) is 9.57. The molecule has 0 radical (unpaired) electrons. The van der Waals surface area contributed by atoms with Crippen LogP contribution in [0.3, 0.4) is 0 Å². The van der Waals surface area contributed by atoms with Crippen LogP contribution in [-0.4, -0.2) is 19.1 Å². The zero-order valence-electron chi connectivity index (χ0n) is 6.77. The Labute approximate surface area is 85.6 Å². The Morgan fingerprint density at radius 3 is 1.93 bits per heavy atom. The average Bonchev–Trinajstić information content (AvgIpc) is 2.04. The Bertz CT molecular complexity index is 420. The lowest BCUT2D eigenvalue weighted by Gasteiger charge is -1.94. The molecule has 0 heterocycles. The van der Waals surface area contributed by atoms with Gasteiger partial charge in [0.25, 0.3) is 10.1 Å². The minimum Gasteiger partial charge on any atom is -0.282 e. The van der Waals surface area contributed by atoms with Crippen molar-refractivity contribution in [3.05, 3.63) is 29.3 Å². The van der Waals surface area contributed by atoms with Gasteiger partial charge in [0.15, 0.2) is 0 Å². The highest BCUT2D eigenvalue weighted by Gasteiger charge is 2.07. The molecule has 0 saturated heterocycles. The molecule has 76 valence electrons. The van der Waals surface area contributed by atoms with Gasteiger partial charge in [-0.05, 0) is 24.3 Å². The Hall–Kier alpha value is -1.20. The molecule has 0 atom stereocenters. The lowest BCUT2D eigenvalue weighted by Crippen LogP contribution is -1.96. The van der Waals surface area contributed by atoms with Crippen molar-refractivity contribution in [2.75, 3.05) is 0 Å². The molecule has 0 bridgehead atoms. The SMILES string of the molecule is N=C=O.O=S(=O)(O)c1ccc(Cl)cc1. The van der Waals surface area contributed by atoms with Crippen LogP contribution in [0, 0.1) is 5.41 Å². The van der Waals surface area contributed by atoms with E-state index in [9.17, 15) is 8.42 Å². The van der Waals surface area contributed by atoms with E-state index in [1.54, 1.807) is 0 Å². The topological polar surface area (TPSA) is 95.3 Å². The molecule has 0 aliphatic carbocycles. The third kappa shape index (κ3) is 4.74. The second-order valence-corrected chi connectivity index (χ2v) is 3.89. The van der Waals surface area contributed by atoms with Gasteiger partial charge in [0, 0.05) is 5.02 Å². The highest BCUT2D eigenvalue weighted by atomic mass is 35.5. The zero-order valence-corrected chi connectivity index (χ0v) is 8.34. The molecule has 0 aromatic heterocycles. The molecule has 0 aliphatic heterocycles. The van der Waals surface area contributed by atoms with Gasteiger partial charge >= 0.3 is 0 Å². The van der Waals surface area contributed by atoms with Crippen LogP contribution in [0.2, 0.25) is 5.02 Å². The van der Waals surface area contributed by atoms with E-state index in [1.807, 2.05) is 0 Å². The zero-order chi connectivity index (χ0) is 11.2. The molecule has 0 unspecified atom stereocenters. The smallest absolute Gasteiger partial charge is 0.282 e. The van der Waals surface area contributed by atoms with Crippen LogP contribution in [0.25, 0.3) is 0 Å². The van der Waals surface area contributed by atoms with Gasteiger partial charge in [-0.25, -0.2) is 10.2 Å². The van der Waals surface area contributed by atoms with Gasteiger partial charge in [0.1, 0.15) is 0 Å².